The molecule has 6 nitrogen and oxygen atoms in total. The number of benzene rings is 2. The lowest BCUT2D eigenvalue weighted by Gasteiger charge is -2.07. The van der Waals surface area contributed by atoms with Crippen molar-refractivity contribution < 1.29 is 27.3 Å². The summed E-state index contributed by atoms with van der Waals surface area (Å²) in [4.78, 5) is 24.9. The van der Waals surface area contributed by atoms with E-state index in [1.165, 1.54) is 23.8 Å². The molecule has 0 unspecified atom stereocenters. The number of alkyl halides is 3. The van der Waals surface area contributed by atoms with Crippen LogP contribution in [-0.2, 0) is 22.3 Å². The fourth-order valence-corrected chi connectivity index (χ4v) is 3.26. The van der Waals surface area contributed by atoms with Crippen molar-refractivity contribution in [2.45, 2.75) is 12.7 Å². The molecule has 2 heterocycles. The quantitative estimate of drug-likeness (QED) is 0.423. The second-order valence-corrected chi connectivity index (χ2v) is 6.44. The highest BCUT2D eigenvalue weighted by atomic mass is 19.4. The van der Waals surface area contributed by atoms with Crippen molar-refractivity contribution in [3.63, 3.8) is 0 Å². The number of carbonyl (C=O) groups excluding carboxylic acids is 1. The Labute approximate surface area is 161 Å². The Morgan fingerprint density at radius 2 is 1.83 bits per heavy atom. The molecule has 0 atom stereocenters. The van der Waals surface area contributed by atoms with Gasteiger partial charge < -0.3 is 4.74 Å². The van der Waals surface area contributed by atoms with Crippen molar-refractivity contribution >= 4 is 27.8 Å². The van der Waals surface area contributed by atoms with Crippen LogP contribution in [0.25, 0.3) is 27.5 Å². The molecule has 0 amide bonds. The fourth-order valence-electron chi connectivity index (χ4n) is 3.26. The highest BCUT2D eigenvalue weighted by molar-refractivity contribution is 6.01. The van der Waals surface area contributed by atoms with Crippen molar-refractivity contribution in [3.8, 4) is 5.69 Å². The van der Waals surface area contributed by atoms with Gasteiger partial charge in [0.2, 0.25) is 6.54 Å². The van der Waals surface area contributed by atoms with Crippen molar-refractivity contribution in [2.24, 2.45) is 0 Å². The molecular weight excluding hydrogens is 387 g/mol. The van der Waals surface area contributed by atoms with Gasteiger partial charge >= 0.3 is 17.7 Å². The summed E-state index contributed by atoms with van der Waals surface area (Å²) >= 11 is 0. The number of aromatic nitrogens is 3. The number of halogens is 3. The van der Waals surface area contributed by atoms with Crippen molar-refractivity contribution in [3.05, 3.63) is 70.6 Å². The first kappa shape index (κ1) is 18.7. The van der Waals surface area contributed by atoms with Crippen molar-refractivity contribution in [2.75, 3.05) is 7.11 Å². The Bertz CT molecular complexity index is 1290. The number of esters is 1. The van der Waals surface area contributed by atoms with Gasteiger partial charge in [0.15, 0.2) is 6.20 Å². The van der Waals surface area contributed by atoms with Crippen LogP contribution in [0.2, 0.25) is 0 Å². The van der Waals surface area contributed by atoms with Crippen LogP contribution in [-0.4, -0.2) is 22.9 Å². The minimum atomic E-state index is -4.47. The van der Waals surface area contributed by atoms with E-state index in [1.54, 1.807) is 12.3 Å². The third kappa shape index (κ3) is 3.24. The number of methoxy groups -OCH3 is 1. The number of ether oxygens (including phenoxy) is 1. The maximum absolute atomic E-state index is 13.1. The summed E-state index contributed by atoms with van der Waals surface area (Å²) in [7, 11) is 1.25. The third-order valence-electron chi connectivity index (χ3n) is 4.66. The molecular formula is C20H15F3N3O3+. The van der Waals surface area contributed by atoms with Gasteiger partial charge in [-0.25, -0.2) is 9.48 Å². The van der Waals surface area contributed by atoms with E-state index in [-0.39, 0.29) is 17.7 Å². The topological polar surface area (TPSA) is 68.0 Å². The maximum Gasteiger partial charge on any atom is 0.416 e. The molecule has 2 aromatic carbocycles. The smallest absolute Gasteiger partial charge is 0.416 e. The van der Waals surface area contributed by atoms with Gasteiger partial charge in [0.05, 0.1) is 18.4 Å². The highest BCUT2D eigenvalue weighted by Gasteiger charge is 2.30. The number of nitrogens with one attached hydrogen (secondary N) is 1. The molecule has 148 valence electrons. The number of hydrogen-bond acceptors (Lipinski definition) is 3. The highest BCUT2D eigenvalue weighted by Crippen LogP contribution is 2.29. The molecule has 0 spiro atoms. The van der Waals surface area contributed by atoms with Crippen LogP contribution in [0, 0.1) is 0 Å². The Morgan fingerprint density at radius 3 is 2.48 bits per heavy atom. The van der Waals surface area contributed by atoms with E-state index in [2.05, 4.69) is 5.10 Å². The van der Waals surface area contributed by atoms with Crippen molar-refractivity contribution in [1.29, 1.82) is 0 Å². The molecule has 9 heteroatoms. The summed E-state index contributed by atoms with van der Waals surface area (Å²) in [5.41, 5.74) is -0.371. The van der Waals surface area contributed by atoms with E-state index >= 15 is 0 Å². The molecule has 0 radical (unpaired) electrons. The largest absolute Gasteiger partial charge is 0.464 e. The van der Waals surface area contributed by atoms with Crippen LogP contribution in [0.5, 0.6) is 0 Å². The standard InChI is InChI=1S/C20H14F3N3O3/c1-29-16(27)11-25-10-12-4-2-3-5-15(12)17-18(25)19(28)26(24-17)14-8-6-13(7-9-14)20(21,22)23/h2-10H,11H2,1H3/p+1. The molecule has 0 saturated heterocycles. The first-order valence-electron chi connectivity index (χ1n) is 8.60. The first-order chi connectivity index (χ1) is 13.8. The molecule has 0 aliphatic carbocycles. The van der Waals surface area contributed by atoms with Crippen LogP contribution in [0.4, 0.5) is 13.2 Å². The lowest BCUT2D eigenvalue weighted by Crippen LogP contribution is -2.41. The molecule has 4 aromatic rings. The molecule has 0 aliphatic rings. The van der Waals surface area contributed by atoms with Crippen LogP contribution in [0.3, 0.4) is 0 Å². The SMILES string of the molecule is COC(=O)C[n+]1cc2ccccc2c2[nH]n(-c3ccc(C(F)(F)F)cc3)c(=O)c21. The van der Waals surface area contributed by atoms with Gasteiger partial charge in [0.1, 0.15) is 5.52 Å². The number of pyridine rings is 1. The number of H-pyrrole nitrogens is 1. The molecule has 2 aromatic heterocycles. The average molecular weight is 402 g/mol. The van der Waals surface area contributed by atoms with E-state index < -0.39 is 23.3 Å². The number of hydrogen-bond donors (Lipinski definition) is 1. The minimum Gasteiger partial charge on any atom is -0.464 e. The van der Waals surface area contributed by atoms with Gasteiger partial charge in [-0.1, -0.05) is 18.2 Å². The summed E-state index contributed by atoms with van der Waals surface area (Å²) < 4.78 is 45.8. The monoisotopic (exact) mass is 402 g/mol. The maximum atomic E-state index is 13.1. The molecule has 29 heavy (non-hydrogen) atoms. The lowest BCUT2D eigenvalue weighted by atomic mass is 10.1. The number of carbonyl (C=O) groups is 1. The van der Waals surface area contributed by atoms with Gasteiger partial charge in [-0.3, -0.25) is 9.89 Å². The number of aromatic amines is 1. The number of rotatable bonds is 3. The lowest BCUT2D eigenvalue weighted by molar-refractivity contribution is -0.659. The summed E-state index contributed by atoms with van der Waals surface area (Å²) in [6.45, 7) is -0.183. The van der Waals surface area contributed by atoms with Gasteiger partial charge in [-0.05, 0) is 30.3 Å². The van der Waals surface area contributed by atoms with Crippen LogP contribution in [0.15, 0.2) is 59.5 Å². The van der Waals surface area contributed by atoms with Crippen LogP contribution in [0.1, 0.15) is 5.56 Å². The van der Waals surface area contributed by atoms with Gasteiger partial charge in [0.25, 0.3) is 5.52 Å². The molecule has 0 aliphatic heterocycles. The fraction of sp³-hybridized carbons (Fsp3) is 0.150. The van der Waals surface area contributed by atoms with Crippen molar-refractivity contribution in [1.82, 2.24) is 9.78 Å². The second-order valence-electron chi connectivity index (χ2n) is 6.44. The molecule has 0 bridgehead atoms. The molecule has 1 N–H and O–H groups in total. The molecule has 0 saturated carbocycles. The van der Waals surface area contributed by atoms with E-state index in [0.29, 0.717) is 5.52 Å². The zero-order valence-corrected chi connectivity index (χ0v) is 15.2. The number of fused-ring (bicyclic) bond motifs is 3. The van der Waals surface area contributed by atoms with E-state index in [4.69, 9.17) is 4.74 Å². The zero-order valence-electron chi connectivity index (χ0n) is 15.2. The van der Waals surface area contributed by atoms with Gasteiger partial charge in [-0.2, -0.15) is 17.7 Å². The molecule has 4 rings (SSSR count). The first-order valence-corrected chi connectivity index (χ1v) is 8.60. The summed E-state index contributed by atoms with van der Waals surface area (Å²) in [5, 5.41) is 4.49. The van der Waals surface area contributed by atoms with E-state index in [0.717, 1.165) is 27.6 Å². The summed E-state index contributed by atoms with van der Waals surface area (Å²) in [6, 6.07) is 11.5. The predicted octanol–water partition coefficient (Wildman–Crippen LogP) is 2.95. The molecule has 0 fully saturated rings. The minimum absolute atomic E-state index is 0.183. The predicted molar refractivity (Wildman–Crippen MR) is 98.6 cm³/mol. The van der Waals surface area contributed by atoms with Gasteiger partial charge in [-0.15, -0.1) is 0 Å². The van der Waals surface area contributed by atoms with E-state index in [1.807, 2.05) is 18.2 Å². The third-order valence-corrected chi connectivity index (χ3v) is 4.66. The summed E-state index contributed by atoms with van der Waals surface area (Å²) in [5.74, 6) is -0.534. The Hall–Kier alpha value is -3.62. The van der Waals surface area contributed by atoms with Crippen LogP contribution < -0.4 is 10.1 Å². The second kappa shape index (κ2) is 6.77. The van der Waals surface area contributed by atoms with Gasteiger partial charge in [0, 0.05) is 10.8 Å². The zero-order chi connectivity index (χ0) is 20.8. The van der Waals surface area contributed by atoms with E-state index in [9.17, 15) is 22.8 Å². The summed E-state index contributed by atoms with van der Waals surface area (Å²) in [6.07, 6.45) is -2.80. The normalized spacial score (nSPS) is 11.9. The Balaban J connectivity index is 1.96. The van der Waals surface area contributed by atoms with Crippen LogP contribution >= 0.6 is 0 Å². The number of nitrogens with zero attached hydrogens (tertiary/aromatic N) is 2. The Morgan fingerprint density at radius 1 is 1.14 bits per heavy atom. The average Bonchev–Trinajstić information content (AvgIpc) is 3.05. The Kier molecular flexibility index (Phi) is 4.37.